The van der Waals surface area contributed by atoms with Gasteiger partial charge in [-0.1, -0.05) is 165 Å². The molecule has 0 heterocycles. The van der Waals surface area contributed by atoms with Crippen molar-refractivity contribution in [3.8, 4) is 5.75 Å². The zero-order chi connectivity index (χ0) is 40.4. The van der Waals surface area contributed by atoms with Crippen LogP contribution in [-0.2, 0) is 9.16 Å². The zero-order valence-electron chi connectivity index (χ0n) is 35.3. The number of anilines is 1. The van der Waals surface area contributed by atoms with E-state index in [1.165, 1.54) is 64.2 Å². The minimum Gasteiger partial charge on any atom is -0.489 e. The lowest BCUT2D eigenvalue weighted by Gasteiger charge is -2.43. The highest BCUT2D eigenvalue weighted by molar-refractivity contribution is 6.99. The summed E-state index contributed by atoms with van der Waals surface area (Å²) in [6.07, 6.45) is 14.3. The van der Waals surface area contributed by atoms with Crippen LogP contribution in [0.1, 0.15) is 122 Å². The number of rotatable bonds is 24. The molecule has 1 atom stereocenters. The van der Waals surface area contributed by atoms with Crippen molar-refractivity contribution in [3.63, 3.8) is 0 Å². The molecule has 56 heavy (non-hydrogen) atoms. The van der Waals surface area contributed by atoms with Gasteiger partial charge in [-0.25, -0.2) is 4.79 Å². The number of ether oxygens (including phenoxy) is 2. The molecule has 1 unspecified atom stereocenters. The van der Waals surface area contributed by atoms with E-state index < -0.39 is 20.5 Å². The fourth-order valence-corrected chi connectivity index (χ4v) is 12.2. The number of ketones is 1. The summed E-state index contributed by atoms with van der Waals surface area (Å²) in [6.45, 7) is 9.10. The second-order valence-corrected chi connectivity index (χ2v) is 20.7. The Morgan fingerprint density at radius 2 is 1.27 bits per heavy atom. The van der Waals surface area contributed by atoms with Crippen LogP contribution >= 0.6 is 0 Å². The van der Waals surface area contributed by atoms with E-state index in [-0.39, 0.29) is 24.0 Å². The first-order valence-corrected chi connectivity index (χ1v) is 23.0. The van der Waals surface area contributed by atoms with E-state index in [1.54, 1.807) is 7.05 Å². The van der Waals surface area contributed by atoms with Gasteiger partial charge >= 0.3 is 6.09 Å². The van der Waals surface area contributed by atoms with Crippen LogP contribution in [-0.4, -0.2) is 60.7 Å². The van der Waals surface area contributed by atoms with Gasteiger partial charge in [0.05, 0.1) is 6.61 Å². The number of alkyl carbamates (subject to hydrolysis) is 1. The lowest BCUT2D eigenvalue weighted by Crippen LogP contribution is -2.67. The van der Waals surface area contributed by atoms with Crippen LogP contribution in [0.2, 0.25) is 5.04 Å². The summed E-state index contributed by atoms with van der Waals surface area (Å²) >= 11 is 0. The maximum Gasteiger partial charge on any atom is 0.407 e. The number of hydrogen-bond donors (Lipinski definition) is 1. The molecule has 4 aromatic rings. The van der Waals surface area contributed by atoms with Crippen LogP contribution in [0.3, 0.4) is 0 Å². The summed E-state index contributed by atoms with van der Waals surface area (Å²) in [7, 11) is 2.63. The highest BCUT2D eigenvalue weighted by Crippen LogP contribution is 2.37. The van der Waals surface area contributed by atoms with Gasteiger partial charge < -0.3 is 24.1 Å². The van der Waals surface area contributed by atoms with Crippen molar-refractivity contribution in [3.05, 3.63) is 96.6 Å². The SMILES string of the molecule is CCCCCCCCCCCCCCC(=O)c1cc(OCC(CO[Si](c2ccccc2)(c2ccccc2)C(C)(C)C)OC(=O)NC)c2cc(N(C)C)ccc2c1. The van der Waals surface area contributed by atoms with Crippen LogP contribution in [0.4, 0.5) is 10.5 Å². The van der Waals surface area contributed by atoms with Crippen LogP contribution in [0.25, 0.3) is 10.8 Å². The lowest BCUT2D eigenvalue weighted by molar-refractivity contribution is 0.0344. The molecule has 1 amide bonds. The summed E-state index contributed by atoms with van der Waals surface area (Å²) in [5.74, 6) is 0.703. The van der Waals surface area contributed by atoms with Gasteiger partial charge in [-0.3, -0.25) is 4.79 Å². The Kier molecular flexibility index (Phi) is 18.0. The highest BCUT2D eigenvalue weighted by Gasteiger charge is 2.50. The smallest absolute Gasteiger partial charge is 0.407 e. The predicted octanol–water partition coefficient (Wildman–Crippen LogP) is 10.9. The van der Waals surface area contributed by atoms with Crippen molar-refractivity contribution >= 4 is 47.0 Å². The number of amides is 1. The molecule has 0 radical (unpaired) electrons. The third-order valence-electron chi connectivity index (χ3n) is 10.8. The van der Waals surface area contributed by atoms with E-state index in [4.69, 9.17) is 13.9 Å². The van der Waals surface area contributed by atoms with Gasteiger partial charge in [0.1, 0.15) is 12.4 Å². The van der Waals surface area contributed by atoms with Crippen LogP contribution < -0.4 is 25.3 Å². The molecule has 0 saturated heterocycles. The van der Waals surface area contributed by atoms with Crippen molar-refractivity contribution < 1.29 is 23.5 Å². The Hall–Kier alpha value is -4.14. The summed E-state index contributed by atoms with van der Waals surface area (Å²) in [5, 5.41) is 6.44. The number of nitrogens with zero attached hydrogens (tertiary/aromatic N) is 1. The van der Waals surface area contributed by atoms with Crippen molar-refractivity contribution in [2.75, 3.05) is 39.3 Å². The summed E-state index contributed by atoms with van der Waals surface area (Å²) in [5.41, 5.74) is 1.66. The first-order chi connectivity index (χ1) is 27.0. The normalized spacial score (nSPS) is 12.3. The monoisotopic (exact) mass is 780 g/mol. The maximum absolute atomic E-state index is 13.6. The molecule has 1 N–H and O–H groups in total. The highest BCUT2D eigenvalue weighted by atomic mass is 28.4. The standard InChI is InChI=1S/C48H68N2O5Si/c1-8-9-10-11-12-13-14-15-16-17-18-25-30-45(51)39-33-38-31-32-40(50(6)7)35-44(38)46(34-39)53-36-41(55-47(52)49-5)37-54-56(48(2,3)4,42-26-21-19-22-27-42)43-28-23-20-24-29-43/h19-24,26-29,31-35,41H,8-18,25,30,36-37H2,1-7H3,(H,49,52). The predicted molar refractivity (Wildman–Crippen MR) is 237 cm³/mol. The van der Waals surface area contributed by atoms with E-state index in [0.717, 1.165) is 39.7 Å². The number of carbonyl (C=O) groups excluding carboxylic acids is 2. The average Bonchev–Trinajstić information content (AvgIpc) is 3.20. The Morgan fingerprint density at radius 1 is 0.714 bits per heavy atom. The first-order valence-electron chi connectivity index (χ1n) is 21.0. The number of fused-ring (bicyclic) bond motifs is 1. The summed E-state index contributed by atoms with van der Waals surface area (Å²) in [4.78, 5) is 28.4. The van der Waals surface area contributed by atoms with Crippen molar-refractivity contribution in [2.24, 2.45) is 0 Å². The third-order valence-corrected chi connectivity index (χ3v) is 15.8. The molecular formula is C48H68N2O5Si. The molecule has 0 aliphatic heterocycles. The van der Waals surface area contributed by atoms with Crippen LogP contribution in [0.15, 0.2) is 91.0 Å². The molecule has 0 aliphatic carbocycles. The maximum atomic E-state index is 13.6. The molecule has 0 saturated carbocycles. The Morgan fingerprint density at radius 3 is 1.79 bits per heavy atom. The number of nitrogens with one attached hydrogen (secondary N) is 1. The quantitative estimate of drug-likeness (QED) is 0.0433. The molecule has 0 aromatic heterocycles. The molecule has 0 aliphatic rings. The number of carbonyl (C=O) groups is 2. The molecule has 0 bridgehead atoms. The molecule has 4 aromatic carbocycles. The first kappa shape index (κ1) is 44.6. The van der Waals surface area contributed by atoms with E-state index in [2.05, 4.69) is 93.7 Å². The van der Waals surface area contributed by atoms with Gasteiger partial charge in [0.15, 0.2) is 11.9 Å². The second kappa shape index (κ2) is 22.6. The molecule has 7 nitrogen and oxygen atoms in total. The molecular weight excluding hydrogens is 713 g/mol. The zero-order valence-corrected chi connectivity index (χ0v) is 36.3. The van der Waals surface area contributed by atoms with Gasteiger partial charge in [-0.15, -0.1) is 0 Å². The number of benzene rings is 4. The molecule has 304 valence electrons. The summed E-state index contributed by atoms with van der Waals surface area (Å²) < 4.78 is 19.7. The minimum atomic E-state index is -2.92. The number of unbranched alkanes of at least 4 members (excludes halogenated alkanes) is 11. The number of Topliss-reactive ketones (excluding diaryl/α,β-unsaturated/α-hetero) is 1. The van der Waals surface area contributed by atoms with Crippen LogP contribution in [0, 0.1) is 0 Å². The van der Waals surface area contributed by atoms with Crippen molar-refractivity contribution in [1.29, 1.82) is 0 Å². The van der Waals surface area contributed by atoms with Crippen molar-refractivity contribution in [2.45, 2.75) is 122 Å². The fourth-order valence-electron chi connectivity index (χ4n) is 7.63. The molecule has 0 fully saturated rings. The van der Waals surface area contributed by atoms with Gasteiger partial charge in [0.25, 0.3) is 8.32 Å². The Labute approximate surface area is 338 Å². The van der Waals surface area contributed by atoms with E-state index >= 15 is 0 Å². The molecule has 0 spiro atoms. The van der Waals surface area contributed by atoms with Gasteiger partial charge in [-0.2, -0.15) is 0 Å². The molecule has 4 rings (SSSR count). The molecule has 8 heteroatoms. The second-order valence-electron chi connectivity index (χ2n) is 16.4. The van der Waals surface area contributed by atoms with E-state index in [1.807, 2.05) is 49.3 Å². The third kappa shape index (κ3) is 12.7. The van der Waals surface area contributed by atoms with Gasteiger partial charge in [-0.05, 0) is 51.5 Å². The summed E-state index contributed by atoms with van der Waals surface area (Å²) in [6, 6.07) is 30.8. The Bertz CT molecular complexity index is 1730. The fraction of sp³-hybridized carbons (Fsp3) is 0.500. The lowest BCUT2D eigenvalue weighted by atomic mass is 9.99. The van der Waals surface area contributed by atoms with Gasteiger partial charge in [0.2, 0.25) is 0 Å². The minimum absolute atomic E-state index is 0.0449. The Balaban J connectivity index is 1.51. The van der Waals surface area contributed by atoms with Crippen LogP contribution in [0.5, 0.6) is 5.75 Å². The topological polar surface area (TPSA) is 77.1 Å². The largest absolute Gasteiger partial charge is 0.489 e. The van der Waals surface area contributed by atoms with Crippen molar-refractivity contribution in [1.82, 2.24) is 5.32 Å². The van der Waals surface area contributed by atoms with E-state index in [9.17, 15) is 9.59 Å². The van der Waals surface area contributed by atoms with Gasteiger partial charge in [0, 0.05) is 44.2 Å². The number of hydrogen-bond acceptors (Lipinski definition) is 6. The average molecular weight is 781 g/mol. The van der Waals surface area contributed by atoms with E-state index in [0.29, 0.717) is 17.7 Å².